The van der Waals surface area contributed by atoms with Crippen LogP contribution in [0.1, 0.15) is 58.9 Å². The standard InChI is InChI=1S/C25H38O5/c1-19(2)9-7-10-20(3)11-8-12-21(4)13-14-23-24(29-17-27-5)15-22(26)16-25(23)30-18-28-6/h9,11,13,15-16,26H,7-8,10,12,14,17-18H2,1-6H3/b20-11+,21-13+. The second-order valence-corrected chi connectivity index (χ2v) is 7.69. The molecule has 5 nitrogen and oxygen atoms in total. The van der Waals surface area contributed by atoms with E-state index in [1.807, 2.05) is 0 Å². The Kier molecular flexibility index (Phi) is 12.6. The number of phenolic OH excluding ortho intramolecular Hbond substituents is 1. The van der Waals surface area contributed by atoms with E-state index in [-0.39, 0.29) is 19.3 Å². The summed E-state index contributed by atoms with van der Waals surface area (Å²) in [5.41, 5.74) is 4.96. The van der Waals surface area contributed by atoms with E-state index in [4.69, 9.17) is 18.9 Å². The van der Waals surface area contributed by atoms with E-state index in [0.717, 1.165) is 31.2 Å². The SMILES string of the molecule is COCOc1cc(O)cc(OCOC)c1C/C=C(\C)CC/C=C(\C)CCC=C(C)C. The third kappa shape index (κ3) is 10.5. The molecule has 0 amide bonds. The molecule has 0 atom stereocenters. The van der Waals surface area contributed by atoms with Gasteiger partial charge < -0.3 is 24.1 Å². The maximum absolute atomic E-state index is 9.99. The Hall–Kier alpha value is -2.24. The smallest absolute Gasteiger partial charge is 0.188 e. The van der Waals surface area contributed by atoms with Crippen molar-refractivity contribution < 1.29 is 24.1 Å². The number of ether oxygens (including phenoxy) is 4. The average molecular weight is 419 g/mol. The van der Waals surface area contributed by atoms with Crippen molar-refractivity contribution in [3.8, 4) is 17.2 Å². The highest BCUT2D eigenvalue weighted by Crippen LogP contribution is 2.35. The van der Waals surface area contributed by atoms with Gasteiger partial charge in [0.15, 0.2) is 13.6 Å². The third-order valence-corrected chi connectivity index (χ3v) is 4.59. The van der Waals surface area contributed by atoms with Gasteiger partial charge in [0.1, 0.15) is 17.2 Å². The lowest BCUT2D eigenvalue weighted by Gasteiger charge is -2.16. The largest absolute Gasteiger partial charge is 0.508 e. The lowest BCUT2D eigenvalue weighted by atomic mass is 10.0. The first kappa shape index (κ1) is 25.8. The predicted octanol–water partition coefficient (Wildman–Crippen LogP) is 6.32. The minimum atomic E-state index is 0.0744. The molecule has 0 saturated heterocycles. The fourth-order valence-electron chi connectivity index (χ4n) is 2.92. The molecule has 0 aliphatic heterocycles. The van der Waals surface area contributed by atoms with Crippen LogP contribution in [0.2, 0.25) is 0 Å². The molecule has 30 heavy (non-hydrogen) atoms. The zero-order valence-electron chi connectivity index (χ0n) is 19.4. The summed E-state index contributed by atoms with van der Waals surface area (Å²) in [6.07, 6.45) is 11.7. The highest BCUT2D eigenvalue weighted by atomic mass is 16.7. The summed E-state index contributed by atoms with van der Waals surface area (Å²) in [7, 11) is 3.12. The van der Waals surface area contributed by atoms with Gasteiger partial charge in [-0.25, -0.2) is 0 Å². The van der Waals surface area contributed by atoms with Crippen LogP contribution in [0.15, 0.2) is 47.1 Å². The number of allylic oxidation sites excluding steroid dienone is 6. The van der Waals surface area contributed by atoms with E-state index in [2.05, 4.69) is 45.9 Å². The van der Waals surface area contributed by atoms with E-state index < -0.39 is 0 Å². The van der Waals surface area contributed by atoms with Gasteiger partial charge in [0.25, 0.3) is 0 Å². The fourth-order valence-corrected chi connectivity index (χ4v) is 2.92. The van der Waals surface area contributed by atoms with Gasteiger partial charge in [-0.1, -0.05) is 34.9 Å². The molecular formula is C25H38O5. The highest BCUT2D eigenvalue weighted by molar-refractivity contribution is 5.51. The molecule has 0 radical (unpaired) electrons. The van der Waals surface area contributed by atoms with Crippen molar-refractivity contribution in [2.75, 3.05) is 27.8 Å². The third-order valence-electron chi connectivity index (χ3n) is 4.59. The zero-order chi connectivity index (χ0) is 22.4. The Labute approximate surface area is 182 Å². The van der Waals surface area contributed by atoms with Crippen LogP contribution in [0.3, 0.4) is 0 Å². The maximum atomic E-state index is 9.99. The maximum Gasteiger partial charge on any atom is 0.188 e. The molecule has 0 aromatic heterocycles. The zero-order valence-corrected chi connectivity index (χ0v) is 19.4. The van der Waals surface area contributed by atoms with Gasteiger partial charge in [-0.3, -0.25) is 0 Å². The number of hydrogen-bond donors (Lipinski definition) is 1. The van der Waals surface area contributed by atoms with E-state index in [9.17, 15) is 5.11 Å². The van der Waals surface area contributed by atoms with Crippen LogP contribution in [0.25, 0.3) is 0 Å². The van der Waals surface area contributed by atoms with Gasteiger partial charge in [-0.05, 0) is 59.8 Å². The molecule has 0 saturated carbocycles. The minimum absolute atomic E-state index is 0.0744. The Balaban J connectivity index is 2.79. The minimum Gasteiger partial charge on any atom is -0.508 e. The average Bonchev–Trinajstić information content (AvgIpc) is 2.69. The first-order valence-electron chi connectivity index (χ1n) is 10.4. The molecule has 5 heteroatoms. The molecule has 0 spiro atoms. The van der Waals surface area contributed by atoms with Gasteiger partial charge in [0.2, 0.25) is 0 Å². The molecule has 0 unspecified atom stereocenters. The van der Waals surface area contributed by atoms with Crippen molar-refractivity contribution in [2.24, 2.45) is 0 Å². The van der Waals surface area contributed by atoms with Gasteiger partial charge in [0.05, 0.1) is 0 Å². The number of aromatic hydroxyl groups is 1. The van der Waals surface area contributed by atoms with Gasteiger partial charge in [0, 0.05) is 31.9 Å². The molecule has 0 aliphatic carbocycles. The molecule has 0 fully saturated rings. The summed E-state index contributed by atoms with van der Waals surface area (Å²) in [5, 5.41) is 9.99. The predicted molar refractivity (Wildman–Crippen MR) is 122 cm³/mol. The van der Waals surface area contributed by atoms with Gasteiger partial charge in [-0.2, -0.15) is 0 Å². The topological polar surface area (TPSA) is 57.2 Å². The van der Waals surface area contributed by atoms with Crippen LogP contribution in [0.5, 0.6) is 17.2 Å². The second-order valence-electron chi connectivity index (χ2n) is 7.69. The molecule has 1 rings (SSSR count). The van der Waals surface area contributed by atoms with Crippen molar-refractivity contribution in [1.29, 1.82) is 0 Å². The number of rotatable bonds is 14. The quantitative estimate of drug-likeness (QED) is 0.283. The van der Waals surface area contributed by atoms with Gasteiger partial charge >= 0.3 is 0 Å². The molecule has 1 aromatic carbocycles. The molecule has 1 aromatic rings. The van der Waals surface area contributed by atoms with Crippen LogP contribution in [0, 0.1) is 0 Å². The van der Waals surface area contributed by atoms with Crippen LogP contribution >= 0.6 is 0 Å². The fraction of sp³-hybridized carbons (Fsp3) is 0.520. The number of benzene rings is 1. The summed E-state index contributed by atoms with van der Waals surface area (Å²) in [4.78, 5) is 0. The van der Waals surface area contributed by atoms with Crippen molar-refractivity contribution in [3.63, 3.8) is 0 Å². The lowest BCUT2D eigenvalue weighted by molar-refractivity contribution is 0.0446. The summed E-state index contributed by atoms with van der Waals surface area (Å²) >= 11 is 0. The van der Waals surface area contributed by atoms with E-state index >= 15 is 0 Å². The first-order chi connectivity index (χ1) is 14.4. The summed E-state index contributed by atoms with van der Waals surface area (Å²) < 4.78 is 21.3. The molecule has 1 N–H and O–H groups in total. The number of methoxy groups -OCH3 is 2. The van der Waals surface area contributed by atoms with Crippen LogP contribution < -0.4 is 9.47 Å². The Morgan fingerprint density at radius 3 is 1.80 bits per heavy atom. The molecule has 0 bridgehead atoms. The molecular weight excluding hydrogens is 380 g/mol. The van der Waals surface area contributed by atoms with Crippen LogP contribution in [-0.4, -0.2) is 32.9 Å². The summed E-state index contributed by atoms with van der Waals surface area (Å²) in [5.74, 6) is 1.16. The van der Waals surface area contributed by atoms with Crippen molar-refractivity contribution >= 4 is 0 Å². The summed E-state index contributed by atoms with van der Waals surface area (Å²) in [6.45, 7) is 8.81. The first-order valence-corrected chi connectivity index (χ1v) is 10.4. The summed E-state index contributed by atoms with van der Waals surface area (Å²) in [6, 6.07) is 3.16. The molecule has 168 valence electrons. The normalized spacial score (nSPS) is 12.1. The van der Waals surface area contributed by atoms with E-state index in [0.29, 0.717) is 17.9 Å². The van der Waals surface area contributed by atoms with Crippen molar-refractivity contribution in [2.45, 2.75) is 59.8 Å². The highest BCUT2D eigenvalue weighted by Gasteiger charge is 2.13. The van der Waals surface area contributed by atoms with Crippen molar-refractivity contribution in [1.82, 2.24) is 0 Å². The van der Waals surface area contributed by atoms with E-state index in [1.165, 1.54) is 16.7 Å². The number of phenols is 1. The Bertz CT molecular complexity index is 698. The second kappa shape index (κ2) is 14.7. The number of hydrogen-bond acceptors (Lipinski definition) is 5. The van der Waals surface area contributed by atoms with Crippen LogP contribution in [0.4, 0.5) is 0 Å². The molecule has 0 aliphatic rings. The van der Waals surface area contributed by atoms with Crippen LogP contribution in [-0.2, 0) is 15.9 Å². The molecule has 0 heterocycles. The Morgan fingerprint density at radius 1 is 0.800 bits per heavy atom. The monoisotopic (exact) mass is 418 g/mol. The Morgan fingerprint density at radius 2 is 1.30 bits per heavy atom. The lowest BCUT2D eigenvalue weighted by Crippen LogP contribution is -2.06. The van der Waals surface area contributed by atoms with Crippen molar-refractivity contribution in [3.05, 3.63) is 52.6 Å². The van der Waals surface area contributed by atoms with E-state index in [1.54, 1.807) is 26.4 Å². The van der Waals surface area contributed by atoms with Gasteiger partial charge in [-0.15, -0.1) is 0 Å².